The van der Waals surface area contributed by atoms with Crippen LogP contribution in [0.4, 0.5) is 0 Å². The average molecular weight is 228 g/mol. The summed E-state index contributed by atoms with van der Waals surface area (Å²) in [4.78, 5) is 21.1. The molecule has 0 aromatic rings. The summed E-state index contributed by atoms with van der Waals surface area (Å²) < 4.78 is 0. The topological polar surface area (TPSA) is 74.6 Å². The van der Waals surface area contributed by atoms with Gasteiger partial charge >= 0.3 is 11.9 Å². The Morgan fingerprint density at radius 1 is 1.19 bits per heavy atom. The van der Waals surface area contributed by atoms with E-state index in [4.69, 9.17) is 10.2 Å². The Labute approximate surface area is 96.0 Å². The van der Waals surface area contributed by atoms with Crippen molar-refractivity contribution >= 4 is 11.9 Å². The quantitative estimate of drug-likeness (QED) is 0.470. The van der Waals surface area contributed by atoms with Gasteiger partial charge in [-0.15, -0.1) is 0 Å². The Bertz CT molecular complexity index is 245. The van der Waals surface area contributed by atoms with Gasteiger partial charge in [-0.05, 0) is 19.3 Å². The predicted molar refractivity (Wildman–Crippen MR) is 61.3 cm³/mol. The third kappa shape index (κ3) is 8.03. The molecular weight excluding hydrogens is 208 g/mol. The van der Waals surface area contributed by atoms with Crippen LogP contribution in [-0.4, -0.2) is 22.2 Å². The van der Waals surface area contributed by atoms with E-state index in [1.807, 2.05) is 12.2 Å². The van der Waals surface area contributed by atoms with E-state index in [0.29, 0.717) is 12.8 Å². The first kappa shape index (κ1) is 14.7. The van der Waals surface area contributed by atoms with Crippen molar-refractivity contribution in [3.63, 3.8) is 0 Å². The van der Waals surface area contributed by atoms with Gasteiger partial charge in [-0.1, -0.05) is 31.9 Å². The normalized spacial score (nSPS) is 12.8. The highest BCUT2D eigenvalue weighted by Gasteiger charge is 2.19. The van der Waals surface area contributed by atoms with Gasteiger partial charge in [0.25, 0.3) is 0 Å². The third-order valence-electron chi connectivity index (χ3n) is 2.34. The summed E-state index contributed by atoms with van der Waals surface area (Å²) in [5.74, 6) is -2.85. The molecule has 4 nitrogen and oxygen atoms in total. The molecule has 2 N–H and O–H groups in total. The van der Waals surface area contributed by atoms with Crippen LogP contribution in [0.5, 0.6) is 0 Å². The number of unbranched alkanes of at least 4 members (excludes halogenated alkanes) is 2. The van der Waals surface area contributed by atoms with Crippen LogP contribution in [0.25, 0.3) is 0 Å². The van der Waals surface area contributed by atoms with Gasteiger partial charge in [-0.2, -0.15) is 0 Å². The van der Waals surface area contributed by atoms with Crippen molar-refractivity contribution in [1.29, 1.82) is 0 Å². The Balaban J connectivity index is 3.80. The molecule has 1 atom stereocenters. The lowest BCUT2D eigenvalue weighted by molar-refractivity contribution is -0.148. The van der Waals surface area contributed by atoms with E-state index in [-0.39, 0.29) is 6.42 Å². The number of carboxylic acids is 2. The van der Waals surface area contributed by atoms with Gasteiger partial charge in [0.15, 0.2) is 0 Å². The van der Waals surface area contributed by atoms with Crippen LogP contribution < -0.4 is 0 Å². The SMILES string of the molecule is CCCC/C=C/CCC(CC(=O)O)C(=O)O. The summed E-state index contributed by atoms with van der Waals surface area (Å²) in [5.41, 5.74) is 0. The predicted octanol–water partition coefficient (Wildman–Crippen LogP) is 2.69. The fourth-order valence-corrected chi connectivity index (χ4v) is 1.38. The van der Waals surface area contributed by atoms with Crippen molar-refractivity contribution in [3.05, 3.63) is 12.2 Å². The molecule has 0 bridgehead atoms. The van der Waals surface area contributed by atoms with E-state index in [1.54, 1.807) is 0 Å². The van der Waals surface area contributed by atoms with Gasteiger partial charge < -0.3 is 10.2 Å². The number of carbonyl (C=O) groups is 2. The van der Waals surface area contributed by atoms with Crippen LogP contribution in [-0.2, 0) is 9.59 Å². The van der Waals surface area contributed by atoms with Crippen molar-refractivity contribution in [3.8, 4) is 0 Å². The third-order valence-corrected chi connectivity index (χ3v) is 2.34. The van der Waals surface area contributed by atoms with Crippen LogP contribution in [0.2, 0.25) is 0 Å². The molecule has 0 spiro atoms. The molecule has 0 radical (unpaired) electrons. The molecule has 0 rings (SSSR count). The number of rotatable bonds is 9. The summed E-state index contributed by atoms with van der Waals surface area (Å²) in [5, 5.41) is 17.3. The second-order valence-electron chi connectivity index (χ2n) is 3.82. The molecule has 4 heteroatoms. The Kier molecular flexibility index (Phi) is 8.21. The zero-order chi connectivity index (χ0) is 12.4. The van der Waals surface area contributed by atoms with E-state index in [9.17, 15) is 9.59 Å². The highest BCUT2D eigenvalue weighted by molar-refractivity contribution is 5.77. The Hall–Kier alpha value is -1.32. The van der Waals surface area contributed by atoms with Gasteiger partial charge in [0.05, 0.1) is 12.3 Å². The molecule has 1 unspecified atom stereocenters. The summed E-state index contributed by atoms with van der Waals surface area (Å²) in [6, 6.07) is 0. The first-order chi connectivity index (χ1) is 7.57. The van der Waals surface area contributed by atoms with Crippen LogP contribution in [0, 0.1) is 5.92 Å². The van der Waals surface area contributed by atoms with Crippen molar-refractivity contribution in [2.24, 2.45) is 5.92 Å². The Morgan fingerprint density at radius 2 is 1.81 bits per heavy atom. The van der Waals surface area contributed by atoms with Crippen LogP contribution in [0.1, 0.15) is 45.4 Å². The van der Waals surface area contributed by atoms with Crippen molar-refractivity contribution in [2.45, 2.75) is 45.4 Å². The van der Waals surface area contributed by atoms with E-state index in [0.717, 1.165) is 19.3 Å². The zero-order valence-electron chi connectivity index (χ0n) is 9.69. The molecule has 0 aromatic carbocycles. The lowest BCUT2D eigenvalue weighted by Gasteiger charge is -2.07. The lowest BCUT2D eigenvalue weighted by atomic mass is 9.99. The standard InChI is InChI=1S/C12H20O4/c1-2-3-4-5-6-7-8-10(12(15)16)9-11(13)14/h5-6,10H,2-4,7-9H2,1H3,(H,13,14)(H,15,16)/b6-5+. The smallest absolute Gasteiger partial charge is 0.307 e. The minimum absolute atomic E-state index is 0.294. The van der Waals surface area contributed by atoms with Gasteiger partial charge in [-0.25, -0.2) is 0 Å². The number of allylic oxidation sites excluding steroid dienone is 2. The fourth-order valence-electron chi connectivity index (χ4n) is 1.38. The van der Waals surface area contributed by atoms with Gasteiger partial charge in [0.2, 0.25) is 0 Å². The van der Waals surface area contributed by atoms with Crippen molar-refractivity contribution in [1.82, 2.24) is 0 Å². The molecule has 92 valence electrons. The van der Waals surface area contributed by atoms with E-state index in [1.165, 1.54) is 0 Å². The van der Waals surface area contributed by atoms with Crippen LogP contribution in [0.15, 0.2) is 12.2 Å². The molecule has 0 aliphatic heterocycles. The highest BCUT2D eigenvalue weighted by atomic mass is 16.4. The lowest BCUT2D eigenvalue weighted by Crippen LogP contribution is -2.17. The molecule has 0 saturated heterocycles. The average Bonchev–Trinajstić information content (AvgIpc) is 2.20. The van der Waals surface area contributed by atoms with E-state index >= 15 is 0 Å². The summed E-state index contributed by atoms with van der Waals surface area (Å²) in [6.07, 6.45) is 7.98. The van der Waals surface area contributed by atoms with E-state index < -0.39 is 17.9 Å². The second kappa shape index (κ2) is 8.95. The minimum atomic E-state index is -1.05. The minimum Gasteiger partial charge on any atom is -0.481 e. The molecule has 0 fully saturated rings. The molecule has 0 heterocycles. The second-order valence-corrected chi connectivity index (χ2v) is 3.82. The molecule has 16 heavy (non-hydrogen) atoms. The van der Waals surface area contributed by atoms with Crippen LogP contribution >= 0.6 is 0 Å². The zero-order valence-corrected chi connectivity index (χ0v) is 9.69. The van der Waals surface area contributed by atoms with E-state index in [2.05, 4.69) is 6.92 Å². The largest absolute Gasteiger partial charge is 0.481 e. The first-order valence-corrected chi connectivity index (χ1v) is 5.67. The maximum atomic E-state index is 10.7. The summed E-state index contributed by atoms with van der Waals surface area (Å²) in [6.45, 7) is 2.11. The number of aliphatic carboxylic acids is 2. The van der Waals surface area contributed by atoms with Gasteiger partial charge in [0.1, 0.15) is 0 Å². The maximum absolute atomic E-state index is 10.7. The maximum Gasteiger partial charge on any atom is 0.307 e. The number of hydrogen-bond donors (Lipinski definition) is 2. The number of carboxylic acid groups (broad SMARTS) is 2. The Morgan fingerprint density at radius 3 is 2.31 bits per heavy atom. The van der Waals surface area contributed by atoms with Crippen molar-refractivity contribution < 1.29 is 19.8 Å². The molecule has 0 saturated carbocycles. The highest BCUT2D eigenvalue weighted by Crippen LogP contribution is 2.12. The first-order valence-electron chi connectivity index (χ1n) is 5.67. The van der Waals surface area contributed by atoms with Crippen LogP contribution in [0.3, 0.4) is 0 Å². The molecule has 0 aromatic heterocycles. The fraction of sp³-hybridized carbons (Fsp3) is 0.667. The molecule has 0 amide bonds. The number of hydrogen-bond acceptors (Lipinski definition) is 2. The summed E-state index contributed by atoms with van der Waals surface area (Å²) in [7, 11) is 0. The molecule has 0 aliphatic rings. The monoisotopic (exact) mass is 228 g/mol. The van der Waals surface area contributed by atoms with Gasteiger partial charge in [0, 0.05) is 0 Å². The summed E-state index contributed by atoms with van der Waals surface area (Å²) >= 11 is 0. The van der Waals surface area contributed by atoms with Gasteiger partial charge in [-0.3, -0.25) is 9.59 Å². The molecular formula is C12H20O4. The van der Waals surface area contributed by atoms with Crippen molar-refractivity contribution in [2.75, 3.05) is 0 Å². The molecule has 0 aliphatic carbocycles.